The van der Waals surface area contributed by atoms with Crippen LogP contribution in [-0.4, -0.2) is 37.5 Å². The number of ether oxygens (including phenoxy) is 2. The van der Waals surface area contributed by atoms with Gasteiger partial charge in [0.2, 0.25) is 0 Å². The molecule has 0 radical (unpaired) electrons. The first-order chi connectivity index (χ1) is 8.86. The molecular formula is C15H27NO2. The average molecular weight is 253 g/mol. The second kappa shape index (κ2) is 5.89. The molecule has 3 rings (SSSR count). The summed E-state index contributed by atoms with van der Waals surface area (Å²) in [5.41, 5.74) is 0.266. The summed E-state index contributed by atoms with van der Waals surface area (Å²) < 4.78 is 11.8. The molecule has 0 aromatic heterocycles. The molecule has 2 aliphatic carbocycles. The summed E-state index contributed by atoms with van der Waals surface area (Å²) in [6.07, 6.45) is 12.1. The Morgan fingerprint density at radius 3 is 2.67 bits per heavy atom. The number of nitrogens with one attached hydrogen (secondary N) is 1. The molecule has 1 spiro atoms. The highest BCUT2D eigenvalue weighted by Gasteiger charge is 2.42. The van der Waals surface area contributed by atoms with E-state index < -0.39 is 0 Å². The molecule has 18 heavy (non-hydrogen) atoms. The highest BCUT2D eigenvalue weighted by molar-refractivity contribution is 4.95. The van der Waals surface area contributed by atoms with Crippen molar-refractivity contribution in [3.8, 4) is 0 Å². The maximum Gasteiger partial charge on any atom is 0.0697 e. The van der Waals surface area contributed by atoms with Crippen LogP contribution in [0.25, 0.3) is 0 Å². The largest absolute Gasteiger partial charge is 0.377 e. The van der Waals surface area contributed by atoms with E-state index in [0.29, 0.717) is 12.1 Å². The van der Waals surface area contributed by atoms with Crippen LogP contribution in [0.1, 0.15) is 57.8 Å². The molecule has 1 saturated heterocycles. The van der Waals surface area contributed by atoms with Crippen molar-refractivity contribution in [1.29, 1.82) is 0 Å². The minimum Gasteiger partial charge on any atom is -0.377 e. The van der Waals surface area contributed by atoms with E-state index in [1.54, 1.807) is 0 Å². The Morgan fingerprint density at radius 2 is 1.94 bits per heavy atom. The van der Waals surface area contributed by atoms with Gasteiger partial charge in [-0.05, 0) is 44.9 Å². The Balaban J connectivity index is 1.30. The Hall–Kier alpha value is -0.120. The third-order valence-electron chi connectivity index (χ3n) is 4.95. The van der Waals surface area contributed by atoms with Gasteiger partial charge in [0.15, 0.2) is 0 Å². The van der Waals surface area contributed by atoms with Gasteiger partial charge in [0.25, 0.3) is 0 Å². The molecule has 0 amide bonds. The van der Waals surface area contributed by atoms with E-state index in [1.165, 1.54) is 57.8 Å². The molecule has 1 atom stereocenters. The van der Waals surface area contributed by atoms with Crippen LogP contribution in [-0.2, 0) is 9.47 Å². The maximum atomic E-state index is 5.95. The van der Waals surface area contributed by atoms with Crippen molar-refractivity contribution in [1.82, 2.24) is 5.32 Å². The molecule has 0 bridgehead atoms. The zero-order valence-electron chi connectivity index (χ0n) is 11.5. The predicted octanol–water partition coefficient (Wildman–Crippen LogP) is 2.64. The molecule has 1 unspecified atom stereocenters. The lowest BCUT2D eigenvalue weighted by Gasteiger charge is -2.47. The SMILES string of the molecule is C1CCC(OCCNC2CCOC3(CCC3)C2)C1. The van der Waals surface area contributed by atoms with Gasteiger partial charge in [-0.2, -0.15) is 0 Å². The van der Waals surface area contributed by atoms with Gasteiger partial charge in [-0.1, -0.05) is 12.8 Å². The van der Waals surface area contributed by atoms with E-state index >= 15 is 0 Å². The number of rotatable bonds is 5. The zero-order chi connectivity index (χ0) is 12.3. The summed E-state index contributed by atoms with van der Waals surface area (Å²) in [6, 6.07) is 0.659. The van der Waals surface area contributed by atoms with E-state index in [4.69, 9.17) is 9.47 Å². The van der Waals surface area contributed by atoms with Gasteiger partial charge in [0, 0.05) is 19.2 Å². The fourth-order valence-electron chi connectivity index (χ4n) is 3.67. The summed E-state index contributed by atoms with van der Waals surface area (Å²) in [4.78, 5) is 0. The van der Waals surface area contributed by atoms with Gasteiger partial charge in [-0.25, -0.2) is 0 Å². The fourth-order valence-corrected chi connectivity index (χ4v) is 3.67. The lowest BCUT2D eigenvalue weighted by Crippen LogP contribution is -2.51. The summed E-state index contributed by atoms with van der Waals surface area (Å²) >= 11 is 0. The first-order valence-electron chi connectivity index (χ1n) is 7.85. The van der Waals surface area contributed by atoms with Crippen molar-refractivity contribution in [2.45, 2.75) is 75.5 Å². The number of hydrogen-bond acceptors (Lipinski definition) is 3. The molecule has 1 N–H and O–H groups in total. The first-order valence-corrected chi connectivity index (χ1v) is 7.85. The van der Waals surface area contributed by atoms with Crippen LogP contribution < -0.4 is 5.32 Å². The molecular weight excluding hydrogens is 226 g/mol. The molecule has 0 aromatic rings. The normalized spacial score (nSPS) is 31.7. The van der Waals surface area contributed by atoms with Crippen molar-refractivity contribution in [2.24, 2.45) is 0 Å². The molecule has 3 heteroatoms. The predicted molar refractivity (Wildman–Crippen MR) is 71.8 cm³/mol. The van der Waals surface area contributed by atoms with E-state index in [1.807, 2.05) is 0 Å². The van der Waals surface area contributed by atoms with E-state index in [0.717, 1.165) is 19.8 Å². The lowest BCUT2D eigenvalue weighted by atomic mass is 9.74. The van der Waals surface area contributed by atoms with E-state index in [9.17, 15) is 0 Å². The van der Waals surface area contributed by atoms with Crippen molar-refractivity contribution in [3.05, 3.63) is 0 Å². The van der Waals surface area contributed by atoms with Crippen LogP contribution in [0.2, 0.25) is 0 Å². The second-order valence-electron chi connectivity index (χ2n) is 6.31. The molecule has 3 nitrogen and oxygen atoms in total. The molecule has 1 aliphatic heterocycles. The Kier molecular flexibility index (Phi) is 4.22. The lowest BCUT2D eigenvalue weighted by molar-refractivity contribution is -0.135. The summed E-state index contributed by atoms with van der Waals surface area (Å²) in [5.74, 6) is 0. The van der Waals surface area contributed by atoms with Gasteiger partial charge in [0.05, 0.1) is 18.3 Å². The van der Waals surface area contributed by atoms with Gasteiger partial charge in [-0.3, -0.25) is 0 Å². The topological polar surface area (TPSA) is 30.5 Å². The van der Waals surface area contributed by atoms with Crippen LogP contribution in [0.5, 0.6) is 0 Å². The van der Waals surface area contributed by atoms with Gasteiger partial charge in [-0.15, -0.1) is 0 Å². The minimum absolute atomic E-state index is 0.266. The Morgan fingerprint density at radius 1 is 1.11 bits per heavy atom. The molecule has 3 fully saturated rings. The standard InChI is InChI=1S/C15H27NO2/c1-2-5-14(4-1)17-11-9-16-13-6-10-18-15(12-13)7-3-8-15/h13-14,16H,1-12H2. The minimum atomic E-state index is 0.266. The van der Waals surface area contributed by atoms with Crippen LogP contribution >= 0.6 is 0 Å². The van der Waals surface area contributed by atoms with Gasteiger partial charge < -0.3 is 14.8 Å². The van der Waals surface area contributed by atoms with Crippen molar-refractivity contribution in [3.63, 3.8) is 0 Å². The van der Waals surface area contributed by atoms with Crippen LogP contribution in [0.4, 0.5) is 0 Å². The highest BCUT2D eigenvalue weighted by atomic mass is 16.5. The average Bonchev–Trinajstić information content (AvgIpc) is 2.86. The first kappa shape index (κ1) is 12.9. The monoisotopic (exact) mass is 253 g/mol. The van der Waals surface area contributed by atoms with Crippen LogP contribution in [0.15, 0.2) is 0 Å². The van der Waals surface area contributed by atoms with E-state index in [-0.39, 0.29) is 5.60 Å². The zero-order valence-corrected chi connectivity index (χ0v) is 11.5. The maximum absolute atomic E-state index is 5.95. The van der Waals surface area contributed by atoms with Gasteiger partial charge in [0.1, 0.15) is 0 Å². The van der Waals surface area contributed by atoms with Crippen molar-refractivity contribution < 1.29 is 9.47 Å². The quantitative estimate of drug-likeness (QED) is 0.764. The van der Waals surface area contributed by atoms with Crippen molar-refractivity contribution in [2.75, 3.05) is 19.8 Å². The summed E-state index contributed by atoms with van der Waals surface area (Å²) in [7, 11) is 0. The highest BCUT2D eigenvalue weighted by Crippen LogP contribution is 2.42. The van der Waals surface area contributed by atoms with Crippen LogP contribution in [0, 0.1) is 0 Å². The second-order valence-corrected chi connectivity index (χ2v) is 6.31. The van der Waals surface area contributed by atoms with Crippen molar-refractivity contribution >= 4 is 0 Å². The molecule has 0 aromatic carbocycles. The fraction of sp³-hybridized carbons (Fsp3) is 1.00. The molecule has 3 aliphatic rings. The summed E-state index contributed by atoms with van der Waals surface area (Å²) in [5, 5.41) is 3.66. The molecule has 2 saturated carbocycles. The third kappa shape index (κ3) is 3.06. The van der Waals surface area contributed by atoms with Gasteiger partial charge >= 0.3 is 0 Å². The molecule has 104 valence electrons. The smallest absolute Gasteiger partial charge is 0.0697 e. The van der Waals surface area contributed by atoms with E-state index in [2.05, 4.69) is 5.32 Å². The molecule has 1 heterocycles. The van der Waals surface area contributed by atoms with Crippen LogP contribution in [0.3, 0.4) is 0 Å². The third-order valence-corrected chi connectivity index (χ3v) is 4.95. The Bertz CT molecular complexity index is 259. The Labute approximate surface area is 111 Å². The number of hydrogen-bond donors (Lipinski definition) is 1. The summed E-state index contributed by atoms with van der Waals surface area (Å²) in [6.45, 7) is 2.84.